The average molecular weight is 180 g/mol. The number of aliphatic hydroxyl groups excluding tert-OH is 1. The van der Waals surface area contributed by atoms with Gasteiger partial charge in [-0.05, 0) is 0 Å². The molecule has 1 atom stereocenters. The Kier molecular flexibility index (Phi) is 5.53. The van der Waals surface area contributed by atoms with Crippen LogP contribution in [0, 0.1) is 0 Å². The molecular weight excluding hydrogens is 175 g/mol. The van der Waals surface area contributed by atoms with Crippen LogP contribution in [0.4, 0.5) is 0 Å². The van der Waals surface area contributed by atoms with E-state index in [0.717, 1.165) is 0 Å². The zero-order chi connectivity index (χ0) is 7.65. The molecule has 0 saturated heterocycles. The Morgan fingerprint density at radius 2 is 1.80 bits per heavy atom. The van der Waals surface area contributed by atoms with Crippen LogP contribution in [-0.4, -0.2) is 34.6 Å². The molecule has 0 saturated carbocycles. The zero-order valence-corrected chi connectivity index (χ0v) is 7.87. The molecule has 0 aromatic heterocycles. The van der Waals surface area contributed by atoms with E-state index in [4.69, 9.17) is 14.8 Å². The number of rotatable bonds is 2. The molecule has 0 amide bonds. The van der Waals surface area contributed by atoms with Gasteiger partial charge in [0.1, 0.15) is 0 Å². The summed E-state index contributed by atoms with van der Waals surface area (Å²) < 4.78 is 27.2. The Hall–Kier alpha value is 0.340. The number of aliphatic carboxylic acids is 1. The predicted octanol–water partition coefficient (Wildman–Crippen LogP) is -4.61. The van der Waals surface area contributed by atoms with Gasteiger partial charge < -0.3 is 11.6 Å². The summed E-state index contributed by atoms with van der Waals surface area (Å²) in [7, 11) is -4.85. The molecule has 6 nitrogen and oxygen atoms in total. The van der Waals surface area contributed by atoms with Crippen molar-refractivity contribution >= 4 is 16.1 Å². The third kappa shape index (κ3) is 4.20. The molecule has 0 fully saturated rings. The van der Waals surface area contributed by atoms with Gasteiger partial charge >= 0.3 is 45.6 Å². The van der Waals surface area contributed by atoms with Gasteiger partial charge in [0.05, 0.1) is 0 Å². The number of hydrogen-bond acceptors (Lipinski definition) is 4. The Labute approximate surface area is 80.4 Å². The van der Waals surface area contributed by atoms with Crippen LogP contribution >= 0.6 is 0 Å². The van der Waals surface area contributed by atoms with Crippen LogP contribution in [-0.2, 0) is 14.9 Å². The van der Waals surface area contributed by atoms with Crippen molar-refractivity contribution in [1.82, 2.24) is 0 Å². The van der Waals surface area contributed by atoms with Gasteiger partial charge in [-0.1, -0.05) is 0 Å². The summed E-state index contributed by atoms with van der Waals surface area (Å²) in [6, 6.07) is 0. The van der Waals surface area contributed by atoms with Crippen molar-refractivity contribution in [3.8, 4) is 0 Å². The van der Waals surface area contributed by atoms with Crippen molar-refractivity contribution in [2.45, 2.75) is 5.44 Å². The zero-order valence-electron chi connectivity index (χ0n) is 6.05. The fraction of sp³-hybridized carbons (Fsp3) is 0.500. The monoisotopic (exact) mass is 180 g/mol. The maximum Gasteiger partial charge on any atom is 1.00 e. The molecule has 0 bridgehead atoms. The first-order valence-corrected chi connectivity index (χ1v) is 3.23. The van der Waals surface area contributed by atoms with Crippen LogP contribution < -0.4 is 29.6 Å². The van der Waals surface area contributed by atoms with Crippen LogP contribution in [0.15, 0.2) is 0 Å². The van der Waals surface area contributed by atoms with Crippen molar-refractivity contribution in [3.63, 3.8) is 0 Å². The van der Waals surface area contributed by atoms with Gasteiger partial charge in [0, 0.05) is 0 Å². The van der Waals surface area contributed by atoms with Crippen molar-refractivity contribution < 1.29 is 59.0 Å². The summed E-state index contributed by atoms with van der Waals surface area (Å²) in [6.07, 6.45) is 0. The molecule has 0 aliphatic carbocycles. The molecule has 0 aromatic carbocycles. The topological polar surface area (TPSA) is 112 Å². The molecule has 8 heteroatoms. The van der Waals surface area contributed by atoms with Gasteiger partial charge in [-0.25, -0.2) is 4.79 Å². The molecule has 0 aliphatic rings. The third-order valence-corrected chi connectivity index (χ3v) is 1.26. The van der Waals surface area contributed by atoms with E-state index in [-0.39, 0.29) is 31.0 Å². The van der Waals surface area contributed by atoms with Gasteiger partial charge in [0.25, 0.3) is 5.44 Å². The molecule has 0 aliphatic heterocycles. The Morgan fingerprint density at radius 3 is 1.80 bits per heavy atom. The summed E-state index contributed by atoms with van der Waals surface area (Å²) in [5.74, 6) is -2.00. The molecule has 0 spiro atoms. The predicted molar refractivity (Wildman–Crippen MR) is 26.3 cm³/mol. The summed E-state index contributed by atoms with van der Waals surface area (Å²) in [4.78, 5) is 9.56. The fourth-order valence-corrected chi connectivity index (χ4v) is 0.382. The molecule has 56 valence electrons. The molecule has 1 unspecified atom stereocenters. The molecule has 0 rings (SSSR count). The average Bonchev–Trinajstić information content (AvgIpc) is 1.62. The largest absolute Gasteiger partial charge is 1.00 e. The SMILES string of the molecule is O=C(O)C(O)S(=O)(=O)O.[H-].[Na+]. The number of hydrogen-bond donors (Lipinski definition) is 3. The van der Waals surface area contributed by atoms with Crippen molar-refractivity contribution in [2.24, 2.45) is 0 Å². The van der Waals surface area contributed by atoms with E-state index in [0.29, 0.717) is 0 Å². The van der Waals surface area contributed by atoms with E-state index in [1.54, 1.807) is 0 Å². The molecule has 0 heterocycles. The van der Waals surface area contributed by atoms with Gasteiger partial charge in [-0.15, -0.1) is 0 Å². The molecule has 0 aromatic rings. The number of carboxylic acids is 1. The Bertz CT molecular complexity index is 211. The van der Waals surface area contributed by atoms with Crippen LogP contribution in [0.5, 0.6) is 0 Å². The minimum atomic E-state index is -4.85. The minimum absolute atomic E-state index is 0. The van der Waals surface area contributed by atoms with E-state index < -0.39 is 21.5 Å². The van der Waals surface area contributed by atoms with E-state index >= 15 is 0 Å². The normalized spacial score (nSPS) is 13.4. The minimum Gasteiger partial charge on any atom is -1.00 e. The van der Waals surface area contributed by atoms with Crippen LogP contribution in [0.25, 0.3) is 0 Å². The van der Waals surface area contributed by atoms with Crippen molar-refractivity contribution in [2.75, 3.05) is 0 Å². The van der Waals surface area contributed by atoms with Crippen LogP contribution in [0.2, 0.25) is 0 Å². The maximum absolute atomic E-state index is 9.70. The fourth-order valence-electron chi connectivity index (χ4n) is 0.127. The van der Waals surface area contributed by atoms with Crippen LogP contribution in [0.3, 0.4) is 0 Å². The Morgan fingerprint density at radius 1 is 1.50 bits per heavy atom. The maximum atomic E-state index is 9.70. The summed E-state index contributed by atoms with van der Waals surface area (Å²) >= 11 is 0. The van der Waals surface area contributed by atoms with E-state index in [1.165, 1.54) is 0 Å². The summed E-state index contributed by atoms with van der Waals surface area (Å²) in [5.41, 5.74) is -2.74. The quantitative estimate of drug-likeness (QED) is 0.291. The number of carboxylic acid groups (broad SMARTS) is 1. The van der Waals surface area contributed by atoms with Crippen molar-refractivity contribution in [1.29, 1.82) is 0 Å². The second kappa shape index (κ2) is 4.27. The Balaban J connectivity index is -0.000000320. The van der Waals surface area contributed by atoms with Gasteiger partial charge in [-0.2, -0.15) is 8.42 Å². The summed E-state index contributed by atoms with van der Waals surface area (Å²) in [5, 5.41) is 15.8. The number of carbonyl (C=O) groups is 1. The molecule has 3 N–H and O–H groups in total. The number of aliphatic hydroxyl groups is 1. The first kappa shape index (κ1) is 13.0. The smallest absolute Gasteiger partial charge is 1.00 e. The molecular formula is C2H5NaO6S. The van der Waals surface area contributed by atoms with Gasteiger partial charge in [0.2, 0.25) is 0 Å². The van der Waals surface area contributed by atoms with E-state index in [1.807, 2.05) is 0 Å². The first-order valence-electron chi connectivity index (χ1n) is 1.73. The third-order valence-electron chi connectivity index (χ3n) is 0.493. The first-order chi connectivity index (χ1) is 3.85. The summed E-state index contributed by atoms with van der Waals surface area (Å²) in [6.45, 7) is 0. The van der Waals surface area contributed by atoms with Gasteiger partial charge in [0.15, 0.2) is 0 Å². The molecule has 0 radical (unpaired) electrons. The molecule has 10 heavy (non-hydrogen) atoms. The van der Waals surface area contributed by atoms with Crippen molar-refractivity contribution in [3.05, 3.63) is 0 Å². The second-order valence-corrected chi connectivity index (χ2v) is 2.68. The van der Waals surface area contributed by atoms with Gasteiger partial charge in [-0.3, -0.25) is 4.55 Å². The van der Waals surface area contributed by atoms with E-state index in [9.17, 15) is 13.2 Å². The standard InChI is InChI=1S/C2H4O6S.Na.H/c3-1(4)2(5)9(6,7)8;;/h2,5H,(H,3,4)(H,6,7,8);;/q;+1;-1. The van der Waals surface area contributed by atoms with Crippen LogP contribution in [0.1, 0.15) is 1.43 Å². The second-order valence-electron chi connectivity index (χ2n) is 1.21. The van der Waals surface area contributed by atoms with E-state index in [2.05, 4.69) is 0 Å².